The van der Waals surface area contributed by atoms with Crippen molar-refractivity contribution in [3.8, 4) is 0 Å². The average Bonchev–Trinajstić information content (AvgIpc) is 2.72. The summed E-state index contributed by atoms with van der Waals surface area (Å²) in [6, 6.07) is 20.4. The van der Waals surface area contributed by atoms with Crippen LogP contribution >= 0.6 is 0 Å². The van der Waals surface area contributed by atoms with Gasteiger partial charge in [-0.2, -0.15) is 0 Å². The predicted octanol–water partition coefficient (Wildman–Crippen LogP) is 5.39. The molecule has 1 aliphatic rings. The fraction of sp³-hybridized carbons (Fsp3) is 0.500. The van der Waals surface area contributed by atoms with Crippen LogP contribution < -0.4 is 0 Å². The molecule has 2 aromatic carbocycles. The van der Waals surface area contributed by atoms with E-state index in [0.29, 0.717) is 0 Å². The van der Waals surface area contributed by atoms with Crippen molar-refractivity contribution < 1.29 is 14.6 Å². The highest BCUT2D eigenvalue weighted by Gasteiger charge is 2.50. The van der Waals surface area contributed by atoms with Crippen molar-refractivity contribution in [2.75, 3.05) is 0 Å². The Kier molecular flexibility index (Phi) is 6.69. The van der Waals surface area contributed by atoms with Crippen LogP contribution in [0.5, 0.6) is 0 Å². The Morgan fingerprint density at radius 2 is 1.59 bits per heavy atom. The van der Waals surface area contributed by atoms with E-state index < -0.39 is 18.0 Å². The standard InChI is InChI=1S/C24H32O3/c1-4-5-8-17-21-24(3,20-15-11-7-12-16-20)23(25)27-22(26-21)18(2)19-13-9-6-10-14-19/h6-7,9-16,18,21-23,25H,4-5,8,17H2,1-3H3. The third kappa shape index (κ3) is 4.26. The summed E-state index contributed by atoms with van der Waals surface area (Å²) in [5.74, 6) is 0.0508. The Hall–Kier alpha value is -1.68. The Morgan fingerprint density at radius 1 is 0.963 bits per heavy atom. The summed E-state index contributed by atoms with van der Waals surface area (Å²) in [7, 11) is 0. The number of benzene rings is 2. The van der Waals surface area contributed by atoms with Gasteiger partial charge in [-0.25, -0.2) is 0 Å². The zero-order chi connectivity index (χ0) is 19.3. The van der Waals surface area contributed by atoms with Gasteiger partial charge in [0.2, 0.25) is 0 Å². The van der Waals surface area contributed by atoms with Crippen molar-refractivity contribution in [1.82, 2.24) is 0 Å². The first kappa shape index (κ1) is 20.1. The number of hydrogen-bond donors (Lipinski definition) is 1. The van der Waals surface area contributed by atoms with Crippen LogP contribution in [0.25, 0.3) is 0 Å². The molecule has 3 rings (SSSR count). The summed E-state index contributed by atoms with van der Waals surface area (Å²) in [4.78, 5) is 0. The molecular weight excluding hydrogens is 336 g/mol. The van der Waals surface area contributed by atoms with Crippen molar-refractivity contribution in [2.45, 2.75) is 76.5 Å². The molecule has 0 bridgehead atoms. The van der Waals surface area contributed by atoms with Gasteiger partial charge in [0.1, 0.15) is 0 Å². The SMILES string of the molecule is CCCCCC1OC(C(C)c2ccccc2)OC(O)C1(C)c1ccccc1. The van der Waals surface area contributed by atoms with Gasteiger partial charge in [-0.1, -0.05) is 93.8 Å². The van der Waals surface area contributed by atoms with E-state index in [4.69, 9.17) is 9.47 Å². The molecule has 5 atom stereocenters. The number of aliphatic hydroxyl groups excluding tert-OH is 1. The lowest BCUT2D eigenvalue weighted by Gasteiger charge is -2.49. The molecule has 0 aromatic heterocycles. The molecule has 27 heavy (non-hydrogen) atoms. The minimum atomic E-state index is -0.906. The number of ether oxygens (including phenoxy) is 2. The summed E-state index contributed by atoms with van der Waals surface area (Å²) in [6.07, 6.45) is 2.88. The van der Waals surface area contributed by atoms with E-state index in [9.17, 15) is 5.11 Å². The summed E-state index contributed by atoms with van der Waals surface area (Å²) in [5, 5.41) is 11.1. The molecule has 0 spiro atoms. The molecule has 0 aliphatic carbocycles. The number of unbranched alkanes of at least 4 members (excludes halogenated alkanes) is 2. The smallest absolute Gasteiger partial charge is 0.169 e. The lowest BCUT2D eigenvalue weighted by molar-refractivity contribution is -0.334. The molecular formula is C24H32O3. The fourth-order valence-electron chi connectivity index (χ4n) is 3.99. The van der Waals surface area contributed by atoms with E-state index in [1.54, 1.807) is 0 Å². The molecule has 1 heterocycles. The van der Waals surface area contributed by atoms with E-state index in [1.807, 2.05) is 36.4 Å². The van der Waals surface area contributed by atoms with Crippen LogP contribution in [-0.4, -0.2) is 23.8 Å². The zero-order valence-corrected chi connectivity index (χ0v) is 16.7. The third-order valence-electron chi connectivity index (χ3n) is 5.94. The lowest BCUT2D eigenvalue weighted by atomic mass is 9.74. The second kappa shape index (κ2) is 9.01. The molecule has 1 saturated heterocycles. The van der Waals surface area contributed by atoms with E-state index in [1.165, 1.54) is 6.42 Å². The molecule has 1 aliphatic heterocycles. The van der Waals surface area contributed by atoms with E-state index >= 15 is 0 Å². The molecule has 3 heteroatoms. The third-order valence-corrected chi connectivity index (χ3v) is 5.94. The normalized spacial score (nSPS) is 29.4. The zero-order valence-electron chi connectivity index (χ0n) is 16.7. The van der Waals surface area contributed by atoms with Crippen molar-refractivity contribution in [3.05, 3.63) is 71.8 Å². The maximum absolute atomic E-state index is 11.1. The van der Waals surface area contributed by atoms with Crippen molar-refractivity contribution in [1.29, 1.82) is 0 Å². The average molecular weight is 369 g/mol. The van der Waals surface area contributed by atoms with Crippen LogP contribution in [0, 0.1) is 0 Å². The minimum Gasteiger partial charge on any atom is -0.367 e. The number of hydrogen-bond acceptors (Lipinski definition) is 3. The summed E-state index contributed by atoms with van der Waals surface area (Å²) < 4.78 is 12.5. The van der Waals surface area contributed by atoms with Gasteiger partial charge in [0.15, 0.2) is 12.6 Å². The van der Waals surface area contributed by atoms with Gasteiger partial charge in [-0.05, 0) is 24.5 Å². The first-order valence-electron chi connectivity index (χ1n) is 10.2. The quantitative estimate of drug-likeness (QED) is 0.666. The van der Waals surface area contributed by atoms with Crippen LogP contribution in [0.15, 0.2) is 60.7 Å². The van der Waals surface area contributed by atoms with Crippen LogP contribution in [0.1, 0.15) is 63.5 Å². The van der Waals surface area contributed by atoms with Gasteiger partial charge in [-0.15, -0.1) is 0 Å². The Labute approximate surface area is 163 Å². The largest absolute Gasteiger partial charge is 0.367 e. The second-order valence-corrected chi connectivity index (χ2v) is 7.83. The molecule has 0 amide bonds. The van der Waals surface area contributed by atoms with Gasteiger partial charge < -0.3 is 14.6 Å². The van der Waals surface area contributed by atoms with Gasteiger partial charge in [0.25, 0.3) is 0 Å². The van der Waals surface area contributed by atoms with Crippen LogP contribution in [-0.2, 0) is 14.9 Å². The second-order valence-electron chi connectivity index (χ2n) is 7.83. The molecule has 2 aromatic rings. The van der Waals surface area contributed by atoms with E-state index in [-0.39, 0.29) is 12.0 Å². The van der Waals surface area contributed by atoms with Crippen LogP contribution in [0.2, 0.25) is 0 Å². The minimum absolute atomic E-state index is 0.0508. The predicted molar refractivity (Wildman–Crippen MR) is 109 cm³/mol. The van der Waals surface area contributed by atoms with Gasteiger partial charge >= 0.3 is 0 Å². The lowest BCUT2D eigenvalue weighted by Crippen LogP contribution is -2.57. The first-order chi connectivity index (χ1) is 13.1. The van der Waals surface area contributed by atoms with Crippen molar-refractivity contribution in [3.63, 3.8) is 0 Å². The topological polar surface area (TPSA) is 38.7 Å². The first-order valence-corrected chi connectivity index (χ1v) is 10.2. The maximum atomic E-state index is 11.1. The summed E-state index contributed by atoms with van der Waals surface area (Å²) in [6.45, 7) is 6.37. The molecule has 1 fully saturated rings. The summed E-state index contributed by atoms with van der Waals surface area (Å²) >= 11 is 0. The Morgan fingerprint density at radius 3 is 2.22 bits per heavy atom. The highest BCUT2D eigenvalue weighted by atomic mass is 16.7. The molecule has 0 radical (unpaired) electrons. The van der Waals surface area contributed by atoms with Gasteiger partial charge in [0.05, 0.1) is 11.5 Å². The maximum Gasteiger partial charge on any atom is 0.169 e. The van der Waals surface area contributed by atoms with E-state index in [2.05, 4.69) is 45.0 Å². The monoisotopic (exact) mass is 368 g/mol. The van der Waals surface area contributed by atoms with Gasteiger partial charge in [-0.3, -0.25) is 0 Å². The number of aliphatic hydroxyl groups is 1. The Balaban J connectivity index is 1.86. The molecule has 146 valence electrons. The highest BCUT2D eigenvalue weighted by molar-refractivity contribution is 5.28. The highest BCUT2D eigenvalue weighted by Crippen LogP contribution is 2.43. The van der Waals surface area contributed by atoms with Crippen molar-refractivity contribution in [2.24, 2.45) is 0 Å². The van der Waals surface area contributed by atoms with E-state index in [0.717, 1.165) is 30.4 Å². The van der Waals surface area contributed by atoms with Crippen LogP contribution in [0.3, 0.4) is 0 Å². The molecule has 5 unspecified atom stereocenters. The summed E-state index contributed by atoms with van der Waals surface area (Å²) in [5.41, 5.74) is 1.64. The molecule has 0 saturated carbocycles. The fourth-order valence-corrected chi connectivity index (χ4v) is 3.99. The van der Waals surface area contributed by atoms with Gasteiger partial charge in [0, 0.05) is 5.92 Å². The van der Waals surface area contributed by atoms with Crippen LogP contribution in [0.4, 0.5) is 0 Å². The molecule has 3 nitrogen and oxygen atoms in total. The molecule has 1 N–H and O–H groups in total. The Bertz CT molecular complexity index is 687. The number of rotatable bonds is 7. The van der Waals surface area contributed by atoms with Crippen molar-refractivity contribution >= 4 is 0 Å².